The van der Waals surface area contributed by atoms with Crippen LogP contribution in [0.3, 0.4) is 0 Å². The van der Waals surface area contributed by atoms with Crippen LogP contribution in [0.4, 0.5) is 5.95 Å². The number of hydrogen-bond donors (Lipinski definition) is 2. The largest absolute Gasteiger partial charge is 0.495 e. The summed E-state index contributed by atoms with van der Waals surface area (Å²) < 4.78 is 6.88. The maximum atomic E-state index is 10.7. The topological polar surface area (TPSA) is 103 Å². The van der Waals surface area contributed by atoms with Gasteiger partial charge in [0.15, 0.2) is 5.16 Å². The highest BCUT2D eigenvalue weighted by molar-refractivity contribution is 7.99. The van der Waals surface area contributed by atoms with Crippen molar-refractivity contribution in [3.05, 3.63) is 23.8 Å². The molecule has 1 aromatic carbocycles. The highest BCUT2D eigenvalue weighted by Crippen LogP contribution is 2.30. The zero-order valence-corrected chi connectivity index (χ0v) is 11.8. The normalized spacial score (nSPS) is 10.5. The number of aromatic nitrogens is 3. The molecule has 0 saturated heterocycles. The Morgan fingerprint density at radius 3 is 2.90 bits per heavy atom. The van der Waals surface area contributed by atoms with Crippen molar-refractivity contribution in [1.29, 1.82) is 0 Å². The van der Waals surface area contributed by atoms with Gasteiger partial charge in [0.2, 0.25) is 5.95 Å². The molecular weight excluding hydrogens is 280 g/mol. The van der Waals surface area contributed by atoms with Gasteiger partial charge in [-0.1, -0.05) is 17.8 Å². The second-order valence-electron chi connectivity index (χ2n) is 4.03. The quantitative estimate of drug-likeness (QED) is 0.802. The molecule has 0 unspecified atom stereocenters. The Bertz CT molecular complexity index is 642. The second-order valence-corrected chi connectivity index (χ2v) is 4.98. The van der Waals surface area contributed by atoms with Crippen LogP contribution in [0.5, 0.6) is 5.75 Å². The maximum absolute atomic E-state index is 10.7. The number of nitrogens with two attached hydrogens (primary N) is 1. The molecule has 0 spiro atoms. The highest BCUT2D eigenvalue weighted by Gasteiger charge is 2.16. The van der Waals surface area contributed by atoms with E-state index < -0.39 is 5.97 Å². The van der Waals surface area contributed by atoms with E-state index in [1.165, 1.54) is 0 Å². The van der Waals surface area contributed by atoms with Crippen LogP contribution in [0.1, 0.15) is 5.56 Å². The Labute approximate surface area is 119 Å². The van der Waals surface area contributed by atoms with E-state index in [1.807, 2.05) is 25.1 Å². The van der Waals surface area contributed by atoms with Gasteiger partial charge in [-0.2, -0.15) is 0 Å². The van der Waals surface area contributed by atoms with Crippen molar-refractivity contribution in [2.75, 3.05) is 18.6 Å². The van der Waals surface area contributed by atoms with Crippen LogP contribution in [0.2, 0.25) is 0 Å². The molecule has 1 aromatic heterocycles. The summed E-state index contributed by atoms with van der Waals surface area (Å²) in [6, 6.07) is 5.60. The fourth-order valence-electron chi connectivity index (χ4n) is 1.70. The van der Waals surface area contributed by atoms with Gasteiger partial charge in [-0.3, -0.25) is 9.36 Å². The first kappa shape index (κ1) is 14.2. The average molecular weight is 294 g/mol. The van der Waals surface area contributed by atoms with E-state index in [0.717, 1.165) is 17.3 Å². The molecular formula is C12H14N4O3S. The number of carboxylic acid groups (broad SMARTS) is 1. The monoisotopic (exact) mass is 294 g/mol. The molecule has 8 heteroatoms. The molecule has 20 heavy (non-hydrogen) atoms. The van der Waals surface area contributed by atoms with Gasteiger partial charge in [0, 0.05) is 0 Å². The smallest absolute Gasteiger partial charge is 0.313 e. The maximum Gasteiger partial charge on any atom is 0.313 e. The van der Waals surface area contributed by atoms with Crippen molar-refractivity contribution in [3.63, 3.8) is 0 Å². The van der Waals surface area contributed by atoms with E-state index in [2.05, 4.69) is 10.2 Å². The number of nitrogen functional groups attached to an aromatic ring is 1. The average Bonchev–Trinajstić information content (AvgIpc) is 2.77. The SMILES string of the molecule is COc1ccc(C)cc1-n1c(N)nnc1SCC(=O)O. The number of benzene rings is 1. The van der Waals surface area contributed by atoms with Gasteiger partial charge >= 0.3 is 5.97 Å². The summed E-state index contributed by atoms with van der Waals surface area (Å²) >= 11 is 1.05. The molecule has 3 N–H and O–H groups in total. The summed E-state index contributed by atoms with van der Waals surface area (Å²) in [6.45, 7) is 1.94. The number of carboxylic acids is 1. The Balaban J connectivity index is 2.49. The molecule has 2 rings (SSSR count). The number of ether oxygens (including phenoxy) is 1. The van der Waals surface area contributed by atoms with Gasteiger partial charge in [0.25, 0.3) is 0 Å². The van der Waals surface area contributed by atoms with E-state index >= 15 is 0 Å². The third-order valence-electron chi connectivity index (χ3n) is 2.56. The highest BCUT2D eigenvalue weighted by atomic mass is 32.2. The lowest BCUT2D eigenvalue weighted by atomic mass is 10.2. The predicted molar refractivity (Wildman–Crippen MR) is 75.4 cm³/mol. The number of aryl methyl sites for hydroxylation is 1. The van der Waals surface area contributed by atoms with Crippen molar-refractivity contribution < 1.29 is 14.6 Å². The number of methoxy groups -OCH3 is 1. The zero-order chi connectivity index (χ0) is 14.7. The van der Waals surface area contributed by atoms with E-state index in [4.69, 9.17) is 15.6 Å². The molecule has 0 aliphatic rings. The molecule has 0 aliphatic heterocycles. The lowest BCUT2D eigenvalue weighted by Crippen LogP contribution is -2.06. The van der Waals surface area contributed by atoms with Gasteiger partial charge in [0.05, 0.1) is 18.6 Å². The van der Waals surface area contributed by atoms with Crippen molar-refractivity contribution in [3.8, 4) is 11.4 Å². The van der Waals surface area contributed by atoms with Gasteiger partial charge in [0.1, 0.15) is 5.75 Å². The van der Waals surface area contributed by atoms with Gasteiger partial charge in [-0.25, -0.2) is 0 Å². The molecule has 0 amide bonds. The van der Waals surface area contributed by atoms with Gasteiger partial charge in [-0.15, -0.1) is 10.2 Å². The lowest BCUT2D eigenvalue weighted by molar-refractivity contribution is -0.133. The van der Waals surface area contributed by atoms with Crippen LogP contribution in [-0.2, 0) is 4.79 Å². The molecule has 0 bridgehead atoms. The minimum atomic E-state index is -0.931. The van der Waals surface area contributed by atoms with Crippen LogP contribution in [0, 0.1) is 6.92 Å². The summed E-state index contributed by atoms with van der Waals surface area (Å²) in [6.07, 6.45) is 0. The summed E-state index contributed by atoms with van der Waals surface area (Å²) in [4.78, 5) is 10.7. The lowest BCUT2D eigenvalue weighted by Gasteiger charge is -2.12. The van der Waals surface area contributed by atoms with Crippen LogP contribution in [0.25, 0.3) is 5.69 Å². The van der Waals surface area contributed by atoms with Crippen LogP contribution >= 0.6 is 11.8 Å². The summed E-state index contributed by atoms with van der Waals surface area (Å²) in [5.41, 5.74) is 7.53. The van der Waals surface area contributed by atoms with E-state index in [0.29, 0.717) is 16.6 Å². The number of rotatable bonds is 5. The minimum Gasteiger partial charge on any atom is -0.495 e. The molecule has 0 saturated carbocycles. The van der Waals surface area contributed by atoms with Gasteiger partial charge < -0.3 is 15.6 Å². The molecule has 0 atom stereocenters. The van der Waals surface area contributed by atoms with Crippen LogP contribution in [-0.4, -0.2) is 38.7 Å². The number of nitrogens with zero attached hydrogens (tertiary/aromatic N) is 3. The molecule has 2 aromatic rings. The first-order valence-corrected chi connectivity index (χ1v) is 6.72. The number of anilines is 1. The van der Waals surface area contributed by atoms with Crippen LogP contribution in [0.15, 0.2) is 23.4 Å². The van der Waals surface area contributed by atoms with Crippen molar-refractivity contribution >= 4 is 23.7 Å². The Morgan fingerprint density at radius 1 is 1.50 bits per heavy atom. The van der Waals surface area contributed by atoms with Crippen molar-refractivity contribution in [2.45, 2.75) is 12.1 Å². The standard InChI is InChI=1S/C12H14N4O3S/c1-7-3-4-9(19-2)8(5-7)16-11(13)14-15-12(16)20-6-10(17)18/h3-5H,6H2,1-2H3,(H2,13,14)(H,17,18). The fraction of sp³-hybridized carbons (Fsp3) is 0.250. The number of aliphatic carboxylic acids is 1. The summed E-state index contributed by atoms with van der Waals surface area (Å²) in [5, 5.41) is 16.9. The van der Waals surface area contributed by atoms with E-state index in [1.54, 1.807) is 11.7 Å². The summed E-state index contributed by atoms with van der Waals surface area (Å²) in [5.74, 6) is -0.257. The third-order valence-corrected chi connectivity index (χ3v) is 3.47. The fourth-order valence-corrected chi connectivity index (χ4v) is 2.37. The first-order valence-electron chi connectivity index (χ1n) is 5.73. The first-order chi connectivity index (χ1) is 9.52. The Hall–Kier alpha value is -2.22. The molecule has 7 nitrogen and oxygen atoms in total. The molecule has 0 radical (unpaired) electrons. The van der Waals surface area contributed by atoms with Crippen LogP contribution < -0.4 is 10.5 Å². The minimum absolute atomic E-state index is 0.119. The Morgan fingerprint density at radius 2 is 2.25 bits per heavy atom. The van der Waals surface area contributed by atoms with Crippen molar-refractivity contribution in [2.24, 2.45) is 0 Å². The van der Waals surface area contributed by atoms with E-state index in [-0.39, 0.29) is 11.7 Å². The number of hydrogen-bond acceptors (Lipinski definition) is 6. The second kappa shape index (κ2) is 5.83. The Kier molecular flexibility index (Phi) is 4.14. The number of carbonyl (C=O) groups is 1. The summed E-state index contributed by atoms with van der Waals surface area (Å²) in [7, 11) is 1.55. The molecule has 1 heterocycles. The third kappa shape index (κ3) is 2.85. The zero-order valence-electron chi connectivity index (χ0n) is 11.0. The molecule has 106 valence electrons. The van der Waals surface area contributed by atoms with Crippen molar-refractivity contribution in [1.82, 2.24) is 14.8 Å². The van der Waals surface area contributed by atoms with E-state index in [9.17, 15) is 4.79 Å². The number of thioether (sulfide) groups is 1. The van der Waals surface area contributed by atoms with Gasteiger partial charge in [-0.05, 0) is 24.6 Å². The predicted octanol–water partition coefficient (Wildman–Crippen LogP) is 1.34. The molecule has 0 aliphatic carbocycles. The molecule has 0 fully saturated rings.